The Labute approximate surface area is 97.4 Å². The van der Waals surface area contributed by atoms with Crippen LogP contribution >= 0.6 is 0 Å². The molecule has 0 saturated heterocycles. The van der Waals surface area contributed by atoms with Crippen LogP contribution in [-0.2, 0) is 6.61 Å². The number of anilines is 1. The van der Waals surface area contributed by atoms with E-state index in [4.69, 9.17) is 20.0 Å². The Hall–Kier alpha value is -2.43. The van der Waals surface area contributed by atoms with Crippen LogP contribution in [0.5, 0.6) is 5.75 Å². The molecule has 0 atom stereocenters. The molecule has 2 rings (SSSR count). The van der Waals surface area contributed by atoms with Gasteiger partial charge in [-0.2, -0.15) is 0 Å². The van der Waals surface area contributed by atoms with Gasteiger partial charge >= 0.3 is 5.97 Å². The first-order valence-electron chi connectivity index (χ1n) is 4.95. The molecule has 0 bridgehead atoms. The van der Waals surface area contributed by atoms with E-state index in [1.165, 1.54) is 6.07 Å². The summed E-state index contributed by atoms with van der Waals surface area (Å²) >= 11 is 0. The Bertz CT molecular complexity index is 516. The summed E-state index contributed by atoms with van der Waals surface area (Å²) < 4.78 is 10.4. The number of carboxylic acid groups (broad SMARTS) is 1. The Morgan fingerprint density at radius 2 is 1.94 bits per heavy atom. The summed E-state index contributed by atoms with van der Waals surface area (Å²) in [5.41, 5.74) is 6.19. The van der Waals surface area contributed by atoms with Crippen molar-refractivity contribution in [3.63, 3.8) is 0 Å². The normalized spacial score (nSPS) is 10.1. The summed E-state index contributed by atoms with van der Waals surface area (Å²) in [6.45, 7) is 0.178. The van der Waals surface area contributed by atoms with Crippen molar-refractivity contribution < 1.29 is 19.1 Å². The zero-order valence-electron chi connectivity index (χ0n) is 8.92. The van der Waals surface area contributed by atoms with E-state index in [1.807, 2.05) is 0 Å². The predicted molar refractivity (Wildman–Crippen MR) is 60.9 cm³/mol. The average Bonchev–Trinajstić information content (AvgIpc) is 2.77. The molecule has 0 aliphatic heterocycles. The maximum Gasteiger partial charge on any atom is 0.371 e. The van der Waals surface area contributed by atoms with Crippen LogP contribution < -0.4 is 10.5 Å². The van der Waals surface area contributed by atoms with Crippen molar-refractivity contribution in [3.05, 3.63) is 47.9 Å². The van der Waals surface area contributed by atoms with Crippen molar-refractivity contribution in [2.75, 3.05) is 5.73 Å². The number of aromatic carboxylic acids is 1. The first-order chi connectivity index (χ1) is 8.15. The smallest absolute Gasteiger partial charge is 0.371 e. The molecule has 0 aliphatic rings. The zero-order chi connectivity index (χ0) is 12.3. The van der Waals surface area contributed by atoms with Crippen LogP contribution in [0, 0.1) is 0 Å². The summed E-state index contributed by atoms with van der Waals surface area (Å²) in [6.07, 6.45) is 0. The van der Waals surface area contributed by atoms with E-state index in [1.54, 1.807) is 30.3 Å². The van der Waals surface area contributed by atoms with Gasteiger partial charge in [0.05, 0.1) is 0 Å². The number of rotatable bonds is 4. The number of carboxylic acids is 1. The first kappa shape index (κ1) is 11.1. The second-order valence-corrected chi connectivity index (χ2v) is 3.43. The molecule has 0 aliphatic carbocycles. The Kier molecular flexibility index (Phi) is 3.00. The monoisotopic (exact) mass is 233 g/mol. The van der Waals surface area contributed by atoms with E-state index in [0.29, 0.717) is 17.2 Å². The van der Waals surface area contributed by atoms with E-state index in [0.717, 1.165) is 0 Å². The SMILES string of the molecule is Nc1ccc(OCc2ccc(C(=O)O)o2)cc1. The Morgan fingerprint density at radius 1 is 1.24 bits per heavy atom. The third kappa shape index (κ3) is 2.78. The van der Waals surface area contributed by atoms with E-state index < -0.39 is 5.97 Å². The van der Waals surface area contributed by atoms with Crippen LogP contribution in [0.3, 0.4) is 0 Å². The lowest BCUT2D eigenvalue weighted by atomic mass is 10.3. The quantitative estimate of drug-likeness (QED) is 0.790. The van der Waals surface area contributed by atoms with Gasteiger partial charge in [0.1, 0.15) is 18.1 Å². The highest BCUT2D eigenvalue weighted by Gasteiger charge is 2.08. The molecular formula is C12H11NO4. The summed E-state index contributed by atoms with van der Waals surface area (Å²) in [5.74, 6) is -0.0867. The van der Waals surface area contributed by atoms with Crippen molar-refractivity contribution in [1.29, 1.82) is 0 Å². The Morgan fingerprint density at radius 3 is 2.53 bits per heavy atom. The van der Waals surface area contributed by atoms with Gasteiger partial charge in [-0.15, -0.1) is 0 Å². The lowest BCUT2D eigenvalue weighted by Gasteiger charge is -2.03. The second kappa shape index (κ2) is 4.61. The largest absolute Gasteiger partial charge is 0.486 e. The van der Waals surface area contributed by atoms with Crippen LogP contribution in [0.1, 0.15) is 16.3 Å². The highest BCUT2D eigenvalue weighted by molar-refractivity contribution is 5.84. The maximum absolute atomic E-state index is 10.6. The van der Waals surface area contributed by atoms with Gasteiger partial charge in [-0.25, -0.2) is 4.79 Å². The van der Waals surface area contributed by atoms with Gasteiger partial charge in [0.25, 0.3) is 0 Å². The highest BCUT2D eigenvalue weighted by Crippen LogP contribution is 2.16. The summed E-state index contributed by atoms with van der Waals surface area (Å²) in [7, 11) is 0. The van der Waals surface area contributed by atoms with Crippen molar-refractivity contribution in [2.45, 2.75) is 6.61 Å². The van der Waals surface area contributed by atoms with E-state index in [9.17, 15) is 4.79 Å². The molecule has 1 aromatic heterocycles. The van der Waals surface area contributed by atoms with Crippen molar-refractivity contribution >= 4 is 11.7 Å². The number of nitrogen functional groups attached to an aromatic ring is 1. The molecule has 0 fully saturated rings. The number of benzene rings is 1. The summed E-state index contributed by atoms with van der Waals surface area (Å²) in [4.78, 5) is 10.6. The molecule has 88 valence electrons. The number of furan rings is 1. The van der Waals surface area contributed by atoms with E-state index in [-0.39, 0.29) is 12.4 Å². The zero-order valence-corrected chi connectivity index (χ0v) is 8.92. The van der Waals surface area contributed by atoms with Crippen molar-refractivity contribution in [2.24, 2.45) is 0 Å². The number of carbonyl (C=O) groups is 1. The molecule has 3 N–H and O–H groups in total. The summed E-state index contributed by atoms with van der Waals surface area (Å²) in [5, 5.41) is 8.67. The summed E-state index contributed by atoms with van der Waals surface area (Å²) in [6, 6.07) is 9.87. The minimum absolute atomic E-state index is 0.0964. The van der Waals surface area contributed by atoms with Gasteiger partial charge in [-0.05, 0) is 36.4 Å². The van der Waals surface area contributed by atoms with Gasteiger partial charge in [0.2, 0.25) is 5.76 Å². The number of ether oxygens (including phenoxy) is 1. The standard InChI is InChI=1S/C12H11NO4/c13-8-1-3-9(4-2-8)16-7-10-5-6-11(17-10)12(14)15/h1-6H,7,13H2,(H,14,15). The van der Waals surface area contributed by atoms with Gasteiger partial charge in [0, 0.05) is 5.69 Å². The average molecular weight is 233 g/mol. The molecule has 2 aromatic rings. The number of hydrogen-bond donors (Lipinski definition) is 2. The fourth-order valence-electron chi connectivity index (χ4n) is 1.29. The molecule has 17 heavy (non-hydrogen) atoms. The van der Waals surface area contributed by atoms with Crippen LogP contribution in [0.2, 0.25) is 0 Å². The van der Waals surface area contributed by atoms with Crippen molar-refractivity contribution in [1.82, 2.24) is 0 Å². The molecule has 0 radical (unpaired) electrons. The van der Waals surface area contributed by atoms with E-state index >= 15 is 0 Å². The Balaban J connectivity index is 1.97. The van der Waals surface area contributed by atoms with Gasteiger partial charge < -0.3 is 20.0 Å². The lowest BCUT2D eigenvalue weighted by molar-refractivity contribution is 0.0658. The van der Waals surface area contributed by atoms with Gasteiger partial charge in [-0.1, -0.05) is 0 Å². The molecule has 0 saturated carbocycles. The second-order valence-electron chi connectivity index (χ2n) is 3.43. The number of hydrogen-bond acceptors (Lipinski definition) is 4. The predicted octanol–water partition coefficient (Wildman–Crippen LogP) is 2.14. The third-order valence-electron chi connectivity index (χ3n) is 2.13. The molecule has 1 aromatic carbocycles. The lowest BCUT2D eigenvalue weighted by Crippen LogP contribution is -1.95. The maximum atomic E-state index is 10.6. The van der Waals surface area contributed by atoms with Gasteiger partial charge in [0.15, 0.2) is 0 Å². The molecule has 5 heteroatoms. The van der Waals surface area contributed by atoms with Crippen LogP contribution in [0.15, 0.2) is 40.8 Å². The third-order valence-corrected chi connectivity index (χ3v) is 2.13. The molecule has 1 heterocycles. The van der Waals surface area contributed by atoms with Crippen LogP contribution in [0.4, 0.5) is 5.69 Å². The minimum atomic E-state index is -1.09. The minimum Gasteiger partial charge on any atom is -0.486 e. The van der Waals surface area contributed by atoms with Crippen LogP contribution in [0.25, 0.3) is 0 Å². The fraction of sp³-hybridized carbons (Fsp3) is 0.0833. The molecule has 0 amide bonds. The molecule has 0 unspecified atom stereocenters. The first-order valence-corrected chi connectivity index (χ1v) is 4.95. The van der Waals surface area contributed by atoms with Crippen LogP contribution in [-0.4, -0.2) is 11.1 Å². The fourth-order valence-corrected chi connectivity index (χ4v) is 1.29. The number of nitrogens with two attached hydrogens (primary N) is 1. The van der Waals surface area contributed by atoms with Gasteiger partial charge in [-0.3, -0.25) is 0 Å². The van der Waals surface area contributed by atoms with E-state index in [2.05, 4.69) is 0 Å². The van der Waals surface area contributed by atoms with Crippen molar-refractivity contribution in [3.8, 4) is 5.75 Å². The topological polar surface area (TPSA) is 85.7 Å². The molecule has 5 nitrogen and oxygen atoms in total. The molecular weight excluding hydrogens is 222 g/mol. The highest BCUT2D eigenvalue weighted by atomic mass is 16.5. The molecule has 0 spiro atoms.